The molecule has 1 aromatic rings. The molecule has 5 heteroatoms. The van der Waals surface area contributed by atoms with Crippen molar-refractivity contribution in [2.45, 2.75) is 0 Å². The number of nitrogens with one attached hydrogen (secondary N) is 1. The van der Waals surface area contributed by atoms with Gasteiger partial charge in [-0.3, -0.25) is 0 Å². The first kappa shape index (κ1) is 9.42. The van der Waals surface area contributed by atoms with Crippen LogP contribution in [0.3, 0.4) is 0 Å². The Morgan fingerprint density at radius 3 is 2.00 bits per heavy atom. The second-order valence-electron chi connectivity index (χ2n) is 2.87. The molecular weight excluding hydrogens is 177 g/mol. The molecule has 0 heterocycles. The monoisotopic (exact) mass is 189 g/mol. The molecule has 0 aliphatic carbocycles. The van der Waals surface area contributed by atoms with Gasteiger partial charge in [-0.05, 0) is 0 Å². The van der Waals surface area contributed by atoms with E-state index in [1.165, 1.54) is 0 Å². The first-order valence-corrected chi connectivity index (χ1v) is 5.97. The number of anilines is 1. The molecule has 0 bridgehead atoms. The van der Waals surface area contributed by atoms with Crippen molar-refractivity contribution >= 4 is 13.1 Å². The van der Waals surface area contributed by atoms with Crippen molar-refractivity contribution in [2.75, 3.05) is 11.8 Å². The summed E-state index contributed by atoms with van der Waals surface area (Å²) in [6.07, 6.45) is 0. The molecule has 4 N–H and O–H groups in total. The predicted octanol–water partition coefficient (Wildman–Crippen LogP) is 0.918. The number of benzene rings is 1. The van der Waals surface area contributed by atoms with Gasteiger partial charge in [0.05, 0.1) is 0 Å². The summed E-state index contributed by atoms with van der Waals surface area (Å²) in [5, 5.41) is 2.25. The zero-order chi connectivity index (χ0) is 9.27. The standard InChI is InChI=1S/C7H12NO3P/c1-12(9,10,11)8-7-5-3-2-4-6-7/h2-6,8-11H,1H3. The molecule has 0 aliphatic heterocycles. The van der Waals surface area contributed by atoms with Gasteiger partial charge in [0.2, 0.25) is 0 Å². The van der Waals surface area contributed by atoms with Crippen molar-refractivity contribution in [1.82, 2.24) is 0 Å². The average Bonchev–Trinajstić information content (AvgIpc) is 1.83. The summed E-state index contributed by atoms with van der Waals surface area (Å²) in [4.78, 5) is 27.2. The second-order valence-corrected chi connectivity index (χ2v) is 5.88. The third kappa shape index (κ3) is 3.64. The van der Waals surface area contributed by atoms with E-state index in [-0.39, 0.29) is 0 Å². The fourth-order valence-electron chi connectivity index (χ4n) is 0.815. The van der Waals surface area contributed by atoms with E-state index in [9.17, 15) is 0 Å². The summed E-state index contributed by atoms with van der Waals surface area (Å²) in [5.74, 6) is 0. The first-order valence-electron chi connectivity index (χ1n) is 3.43. The Hall–Kier alpha value is -0.670. The van der Waals surface area contributed by atoms with Gasteiger partial charge in [-0.15, -0.1) is 0 Å². The number of rotatable bonds is 2. The second kappa shape index (κ2) is 2.68. The zero-order valence-corrected chi connectivity index (χ0v) is 7.57. The van der Waals surface area contributed by atoms with Gasteiger partial charge in [-0.25, -0.2) is 0 Å². The Morgan fingerprint density at radius 1 is 1.08 bits per heavy atom. The first-order chi connectivity index (χ1) is 5.33. The molecular formula is C7H12NO3P. The van der Waals surface area contributed by atoms with Gasteiger partial charge < -0.3 is 0 Å². The molecule has 1 aromatic carbocycles. The third-order valence-electron chi connectivity index (χ3n) is 1.16. The van der Waals surface area contributed by atoms with Gasteiger partial charge in [-0.1, -0.05) is 0 Å². The maximum absolute atomic E-state index is 9.07. The molecule has 0 fully saturated rings. The Labute approximate surface area is 70.7 Å². The summed E-state index contributed by atoms with van der Waals surface area (Å²) < 4.78 is 0. The minimum atomic E-state index is -4.60. The third-order valence-corrected chi connectivity index (χ3v) is 1.95. The Balaban J connectivity index is 2.79. The van der Waals surface area contributed by atoms with E-state index in [4.69, 9.17) is 14.7 Å². The number of hydrogen-bond donors (Lipinski definition) is 4. The van der Waals surface area contributed by atoms with E-state index in [0.717, 1.165) is 6.66 Å². The fourth-order valence-corrected chi connectivity index (χ4v) is 1.57. The van der Waals surface area contributed by atoms with Crippen molar-refractivity contribution in [1.29, 1.82) is 0 Å². The van der Waals surface area contributed by atoms with Crippen LogP contribution in [-0.2, 0) is 0 Å². The Kier molecular flexibility index (Phi) is 2.10. The quantitative estimate of drug-likeness (QED) is 0.522. The van der Waals surface area contributed by atoms with E-state index < -0.39 is 7.43 Å². The average molecular weight is 189 g/mol. The molecule has 1 rings (SSSR count). The van der Waals surface area contributed by atoms with Crippen LogP contribution in [0.2, 0.25) is 0 Å². The molecule has 0 amide bonds. The van der Waals surface area contributed by atoms with Crippen LogP contribution in [0, 0.1) is 0 Å². The van der Waals surface area contributed by atoms with Gasteiger partial charge in [-0.2, -0.15) is 0 Å². The molecule has 12 heavy (non-hydrogen) atoms. The van der Waals surface area contributed by atoms with E-state index in [2.05, 4.69) is 5.09 Å². The molecule has 68 valence electrons. The van der Waals surface area contributed by atoms with Crippen molar-refractivity contribution in [2.24, 2.45) is 0 Å². The summed E-state index contributed by atoms with van der Waals surface area (Å²) in [6.45, 7) is 0.971. The Morgan fingerprint density at radius 2 is 1.58 bits per heavy atom. The van der Waals surface area contributed by atoms with Crippen LogP contribution in [0.4, 0.5) is 5.69 Å². The van der Waals surface area contributed by atoms with Crippen LogP contribution in [-0.4, -0.2) is 21.3 Å². The normalized spacial score (nSPS) is 14.8. The SMILES string of the molecule is CP(O)(O)(O)Nc1ccccc1. The minimum absolute atomic E-state index is 0.477. The molecule has 0 saturated carbocycles. The summed E-state index contributed by atoms with van der Waals surface area (Å²) >= 11 is 0. The number of hydrogen-bond acceptors (Lipinski definition) is 4. The van der Waals surface area contributed by atoms with Gasteiger partial charge in [0, 0.05) is 0 Å². The summed E-state index contributed by atoms with van der Waals surface area (Å²) in [5.41, 5.74) is 0.477. The predicted molar refractivity (Wildman–Crippen MR) is 49.6 cm³/mol. The molecule has 0 atom stereocenters. The zero-order valence-electron chi connectivity index (χ0n) is 6.68. The van der Waals surface area contributed by atoms with E-state index in [1.54, 1.807) is 30.3 Å². The Bertz CT molecular complexity index is 258. The van der Waals surface area contributed by atoms with E-state index in [0.29, 0.717) is 5.69 Å². The van der Waals surface area contributed by atoms with E-state index >= 15 is 0 Å². The summed E-state index contributed by atoms with van der Waals surface area (Å²) in [6, 6.07) is 8.51. The maximum atomic E-state index is 9.07. The molecule has 0 spiro atoms. The summed E-state index contributed by atoms with van der Waals surface area (Å²) in [7, 11) is -4.60. The topological polar surface area (TPSA) is 72.7 Å². The van der Waals surface area contributed by atoms with Gasteiger partial charge in [0.15, 0.2) is 0 Å². The van der Waals surface area contributed by atoms with Crippen LogP contribution in [0.5, 0.6) is 0 Å². The van der Waals surface area contributed by atoms with Crippen molar-refractivity contribution in [3.05, 3.63) is 30.3 Å². The van der Waals surface area contributed by atoms with Crippen molar-refractivity contribution in [3.63, 3.8) is 0 Å². The van der Waals surface area contributed by atoms with Crippen LogP contribution in [0.25, 0.3) is 0 Å². The molecule has 0 unspecified atom stereocenters. The van der Waals surface area contributed by atoms with Gasteiger partial charge in [0.1, 0.15) is 0 Å². The van der Waals surface area contributed by atoms with Gasteiger partial charge in [0.25, 0.3) is 0 Å². The van der Waals surface area contributed by atoms with Crippen LogP contribution < -0.4 is 5.09 Å². The molecule has 0 aliphatic rings. The molecule has 0 radical (unpaired) electrons. The molecule has 0 saturated heterocycles. The van der Waals surface area contributed by atoms with Crippen LogP contribution in [0.15, 0.2) is 30.3 Å². The van der Waals surface area contributed by atoms with Crippen LogP contribution >= 0.6 is 7.43 Å². The molecule has 0 aromatic heterocycles. The van der Waals surface area contributed by atoms with Gasteiger partial charge >= 0.3 is 69.9 Å². The fraction of sp³-hybridized carbons (Fsp3) is 0.143. The van der Waals surface area contributed by atoms with E-state index in [1.807, 2.05) is 0 Å². The van der Waals surface area contributed by atoms with Crippen molar-refractivity contribution < 1.29 is 14.7 Å². The van der Waals surface area contributed by atoms with Crippen molar-refractivity contribution in [3.8, 4) is 0 Å². The van der Waals surface area contributed by atoms with Crippen LogP contribution in [0.1, 0.15) is 0 Å². The number of para-hydroxylation sites is 1. The molecule has 4 nitrogen and oxygen atoms in total.